The Kier molecular flexibility index (Phi) is 5.25. The number of methoxy groups -OCH3 is 2. The van der Waals surface area contributed by atoms with Crippen LogP contribution in [0.15, 0.2) is 24.3 Å². The minimum Gasteiger partial charge on any atom is -0.468 e. The van der Waals surface area contributed by atoms with Crippen molar-refractivity contribution in [2.45, 2.75) is 11.8 Å². The van der Waals surface area contributed by atoms with E-state index < -0.39 is 23.8 Å². The highest BCUT2D eigenvalue weighted by atomic mass is 16.5. The molecule has 0 aliphatic carbocycles. The molecule has 6 heteroatoms. The quantitative estimate of drug-likeness (QED) is 0.764. The number of hydrogen-bond acceptors (Lipinski definition) is 6. The monoisotopic (exact) mass is 272 g/mol. The van der Waals surface area contributed by atoms with Crippen LogP contribution >= 0.6 is 0 Å². The summed E-state index contributed by atoms with van der Waals surface area (Å²) in [5.41, 5.74) is 0.870. The van der Waals surface area contributed by atoms with Gasteiger partial charge >= 0.3 is 11.9 Å². The summed E-state index contributed by atoms with van der Waals surface area (Å²) in [5, 5.41) is 17.9. The third-order valence-electron chi connectivity index (χ3n) is 2.74. The number of hydrogen-bond donors (Lipinski definition) is 0. The number of benzene rings is 1. The highest BCUT2D eigenvalue weighted by Gasteiger charge is 2.23. The van der Waals surface area contributed by atoms with Crippen molar-refractivity contribution in [2.75, 3.05) is 14.2 Å². The van der Waals surface area contributed by atoms with Crippen LogP contribution in [-0.2, 0) is 19.1 Å². The molecule has 0 aromatic heterocycles. The SMILES string of the molecule is COC(=O)[C@@H](C#N)c1ccc([C@@H](C#N)C(=O)OC)cc1. The van der Waals surface area contributed by atoms with Crippen LogP contribution in [-0.4, -0.2) is 26.2 Å². The standard InChI is InChI=1S/C14H12N2O4/c1-19-13(17)11(7-15)9-3-5-10(6-4-9)12(8-16)14(18)20-2/h3-6,11-12H,1-2H3/t11-,12+. The summed E-state index contributed by atoms with van der Waals surface area (Å²) in [6, 6.07) is 9.70. The van der Waals surface area contributed by atoms with Crippen molar-refractivity contribution in [1.82, 2.24) is 0 Å². The first-order chi connectivity index (χ1) is 9.58. The minimum absolute atomic E-state index is 0.435. The number of esters is 2. The van der Waals surface area contributed by atoms with Crippen LogP contribution in [0.5, 0.6) is 0 Å². The molecule has 0 heterocycles. The van der Waals surface area contributed by atoms with E-state index in [1.54, 1.807) is 0 Å². The van der Waals surface area contributed by atoms with Gasteiger partial charge in [-0.3, -0.25) is 9.59 Å². The van der Waals surface area contributed by atoms with E-state index in [1.165, 1.54) is 38.5 Å². The van der Waals surface area contributed by atoms with Gasteiger partial charge in [-0.15, -0.1) is 0 Å². The molecule has 0 saturated heterocycles. The molecule has 0 unspecified atom stereocenters. The molecule has 0 radical (unpaired) electrons. The normalized spacial score (nSPS) is 12.4. The van der Waals surface area contributed by atoms with Crippen LogP contribution in [0.4, 0.5) is 0 Å². The summed E-state index contributed by atoms with van der Waals surface area (Å²) in [6.07, 6.45) is 0. The van der Waals surface area contributed by atoms with Gasteiger partial charge in [0, 0.05) is 0 Å². The number of nitrogens with zero attached hydrogens (tertiary/aromatic N) is 2. The van der Waals surface area contributed by atoms with Crippen molar-refractivity contribution in [3.05, 3.63) is 35.4 Å². The van der Waals surface area contributed by atoms with Crippen molar-refractivity contribution in [3.63, 3.8) is 0 Å². The molecule has 0 saturated carbocycles. The second-order valence-electron chi connectivity index (χ2n) is 3.84. The molecule has 0 aliphatic rings. The first kappa shape index (κ1) is 15.2. The van der Waals surface area contributed by atoms with E-state index in [1.807, 2.05) is 12.1 Å². The Morgan fingerprint density at radius 2 is 1.20 bits per heavy atom. The van der Waals surface area contributed by atoms with Crippen LogP contribution in [0, 0.1) is 22.7 Å². The fraction of sp³-hybridized carbons (Fsp3) is 0.286. The molecule has 6 nitrogen and oxygen atoms in total. The zero-order chi connectivity index (χ0) is 15.1. The fourth-order valence-electron chi connectivity index (χ4n) is 1.64. The highest BCUT2D eigenvalue weighted by Crippen LogP contribution is 2.21. The molecule has 0 bridgehead atoms. The zero-order valence-electron chi connectivity index (χ0n) is 11.0. The van der Waals surface area contributed by atoms with Crippen LogP contribution in [0.2, 0.25) is 0 Å². The molecule has 0 spiro atoms. The maximum Gasteiger partial charge on any atom is 0.327 e. The summed E-state index contributed by atoms with van der Waals surface area (Å²) in [7, 11) is 2.40. The number of nitriles is 2. The number of carbonyl (C=O) groups is 2. The molecule has 1 aromatic rings. The summed E-state index contributed by atoms with van der Waals surface area (Å²) >= 11 is 0. The summed E-state index contributed by atoms with van der Waals surface area (Å²) < 4.78 is 9.05. The van der Waals surface area contributed by atoms with Gasteiger partial charge in [-0.1, -0.05) is 24.3 Å². The Morgan fingerprint density at radius 1 is 0.900 bits per heavy atom. The molecule has 0 N–H and O–H groups in total. The minimum atomic E-state index is -1.03. The van der Waals surface area contributed by atoms with Crippen molar-refractivity contribution in [2.24, 2.45) is 0 Å². The lowest BCUT2D eigenvalue weighted by Crippen LogP contribution is -2.14. The van der Waals surface area contributed by atoms with E-state index in [-0.39, 0.29) is 0 Å². The van der Waals surface area contributed by atoms with Gasteiger partial charge < -0.3 is 9.47 Å². The van der Waals surface area contributed by atoms with E-state index in [9.17, 15) is 9.59 Å². The lowest BCUT2D eigenvalue weighted by Gasteiger charge is -2.10. The van der Waals surface area contributed by atoms with Gasteiger partial charge in [0.05, 0.1) is 26.4 Å². The predicted octanol–water partition coefficient (Wildman–Crippen LogP) is 1.25. The molecule has 0 amide bonds. The Balaban J connectivity index is 3.05. The third-order valence-corrected chi connectivity index (χ3v) is 2.74. The zero-order valence-corrected chi connectivity index (χ0v) is 11.0. The lowest BCUT2D eigenvalue weighted by atomic mass is 9.95. The molecular weight excluding hydrogens is 260 g/mol. The van der Waals surface area contributed by atoms with Crippen LogP contribution in [0.3, 0.4) is 0 Å². The van der Waals surface area contributed by atoms with Gasteiger partial charge in [0.25, 0.3) is 0 Å². The first-order valence-corrected chi connectivity index (χ1v) is 5.63. The van der Waals surface area contributed by atoms with Gasteiger partial charge in [0.2, 0.25) is 0 Å². The topological polar surface area (TPSA) is 100 Å². The van der Waals surface area contributed by atoms with Gasteiger partial charge in [-0.25, -0.2) is 0 Å². The molecule has 1 rings (SSSR count). The van der Waals surface area contributed by atoms with Crippen molar-refractivity contribution >= 4 is 11.9 Å². The average Bonchev–Trinajstić information content (AvgIpc) is 2.49. The van der Waals surface area contributed by atoms with Crippen LogP contribution < -0.4 is 0 Å². The second-order valence-corrected chi connectivity index (χ2v) is 3.84. The highest BCUT2D eigenvalue weighted by molar-refractivity contribution is 5.82. The summed E-state index contributed by atoms with van der Waals surface area (Å²) in [4.78, 5) is 22.8. The molecule has 20 heavy (non-hydrogen) atoms. The number of ether oxygens (including phenoxy) is 2. The van der Waals surface area contributed by atoms with Gasteiger partial charge in [-0.2, -0.15) is 10.5 Å². The van der Waals surface area contributed by atoms with E-state index in [0.29, 0.717) is 11.1 Å². The molecular formula is C14H12N2O4. The molecule has 102 valence electrons. The van der Waals surface area contributed by atoms with E-state index in [2.05, 4.69) is 9.47 Å². The van der Waals surface area contributed by atoms with Crippen LogP contribution in [0.25, 0.3) is 0 Å². The molecule has 1 aromatic carbocycles. The first-order valence-electron chi connectivity index (χ1n) is 5.63. The van der Waals surface area contributed by atoms with Gasteiger partial charge in [-0.05, 0) is 11.1 Å². The maximum atomic E-state index is 11.4. The van der Waals surface area contributed by atoms with Gasteiger partial charge in [0.1, 0.15) is 0 Å². The summed E-state index contributed by atoms with van der Waals surface area (Å²) in [5.74, 6) is -3.39. The summed E-state index contributed by atoms with van der Waals surface area (Å²) in [6.45, 7) is 0. The van der Waals surface area contributed by atoms with Crippen molar-refractivity contribution in [3.8, 4) is 12.1 Å². The average molecular weight is 272 g/mol. The smallest absolute Gasteiger partial charge is 0.327 e. The number of carbonyl (C=O) groups excluding carboxylic acids is 2. The van der Waals surface area contributed by atoms with Crippen molar-refractivity contribution < 1.29 is 19.1 Å². The maximum absolute atomic E-state index is 11.4. The van der Waals surface area contributed by atoms with Crippen LogP contribution in [0.1, 0.15) is 23.0 Å². The van der Waals surface area contributed by atoms with E-state index in [4.69, 9.17) is 10.5 Å². The Morgan fingerprint density at radius 3 is 1.40 bits per heavy atom. The number of rotatable bonds is 4. The Labute approximate surface area is 116 Å². The molecule has 0 fully saturated rings. The predicted molar refractivity (Wildman–Crippen MR) is 67.2 cm³/mol. The van der Waals surface area contributed by atoms with Crippen molar-refractivity contribution in [1.29, 1.82) is 10.5 Å². The van der Waals surface area contributed by atoms with E-state index >= 15 is 0 Å². The fourth-order valence-corrected chi connectivity index (χ4v) is 1.64. The largest absolute Gasteiger partial charge is 0.468 e. The molecule has 0 aliphatic heterocycles. The lowest BCUT2D eigenvalue weighted by molar-refractivity contribution is -0.141. The Hall–Kier alpha value is -2.86. The third kappa shape index (κ3) is 3.12. The molecule has 2 atom stereocenters. The van der Waals surface area contributed by atoms with E-state index in [0.717, 1.165) is 0 Å². The van der Waals surface area contributed by atoms with Gasteiger partial charge in [0.15, 0.2) is 11.8 Å². The Bertz CT molecular complexity index is 528. The second kappa shape index (κ2) is 6.91.